The van der Waals surface area contributed by atoms with Gasteiger partial charge < -0.3 is 15.5 Å². The van der Waals surface area contributed by atoms with Crippen molar-refractivity contribution in [2.45, 2.75) is 12.5 Å². The van der Waals surface area contributed by atoms with Gasteiger partial charge in [0.1, 0.15) is 5.82 Å². The summed E-state index contributed by atoms with van der Waals surface area (Å²) in [6, 6.07) is 0.586. The highest BCUT2D eigenvalue weighted by molar-refractivity contribution is 9.10. The van der Waals surface area contributed by atoms with E-state index in [0.717, 1.165) is 29.8 Å². The van der Waals surface area contributed by atoms with E-state index >= 15 is 0 Å². The van der Waals surface area contributed by atoms with Crippen molar-refractivity contribution < 1.29 is 0 Å². The summed E-state index contributed by atoms with van der Waals surface area (Å²) in [4.78, 5) is 12.7. The van der Waals surface area contributed by atoms with Crippen molar-refractivity contribution >= 4 is 27.7 Å². The van der Waals surface area contributed by atoms with Gasteiger partial charge in [0.2, 0.25) is 5.95 Å². The Bertz CT molecular complexity index is 381. The van der Waals surface area contributed by atoms with Crippen LogP contribution >= 0.6 is 15.9 Å². The van der Waals surface area contributed by atoms with Gasteiger partial charge in [0.15, 0.2) is 0 Å². The number of nitrogens with two attached hydrogens (primary N) is 1. The predicted octanol–water partition coefficient (Wildman–Crippen LogP) is 0.962. The predicted molar refractivity (Wildman–Crippen MR) is 68.4 cm³/mol. The van der Waals surface area contributed by atoms with Gasteiger partial charge in [0.05, 0.1) is 4.47 Å². The maximum Gasteiger partial charge on any atom is 0.222 e. The van der Waals surface area contributed by atoms with Gasteiger partial charge >= 0.3 is 0 Å². The average Bonchev–Trinajstić information content (AvgIpc) is 2.70. The molecule has 88 valence electrons. The van der Waals surface area contributed by atoms with E-state index in [4.69, 9.17) is 5.73 Å². The molecule has 0 radical (unpaired) electrons. The van der Waals surface area contributed by atoms with E-state index in [9.17, 15) is 0 Å². The SMILES string of the molecule is CN(C)C1CCN(c2nc(N)ncc2Br)C1. The van der Waals surface area contributed by atoms with E-state index in [1.54, 1.807) is 6.20 Å². The molecule has 0 bridgehead atoms. The fraction of sp³-hybridized carbons (Fsp3) is 0.600. The lowest BCUT2D eigenvalue weighted by molar-refractivity contribution is 0.315. The van der Waals surface area contributed by atoms with Gasteiger partial charge in [-0.2, -0.15) is 4.98 Å². The highest BCUT2D eigenvalue weighted by Crippen LogP contribution is 2.27. The van der Waals surface area contributed by atoms with E-state index in [1.165, 1.54) is 0 Å². The molecule has 1 fully saturated rings. The number of aromatic nitrogens is 2. The molecule has 1 unspecified atom stereocenters. The summed E-state index contributed by atoms with van der Waals surface area (Å²) >= 11 is 3.46. The van der Waals surface area contributed by atoms with Gasteiger partial charge in [-0.25, -0.2) is 4.98 Å². The van der Waals surface area contributed by atoms with Gasteiger partial charge in [-0.1, -0.05) is 0 Å². The van der Waals surface area contributed by atoms with E-state index in [0.29, 0.717) is 12.0 Å². The monoisotopic (exact) mass is 285 g/mol. The van der Waals surface area contributed by atoms with Crippen LogP contribution in [0.3, 0.4) is 0 Å². The number of hydrogen-bond donors (Lipinski definition) is 1. The van der Waals surface area contributed by atoms with E-state index in [2.05, 4.69) is 49.8 Å². The number of halogens is 1. The molecule has 0 aromatic carbocycles. The fourth-order valence-corrected chi connectivity index (χ4v) is 2.39. The Morgan fingerprint density at radius 1 is 1.56 bits per heavy atom. The summed E-state index contributed by atoms with van der Waals surface area (Å²) in [6.45, 7) is 2.00. The van der Waals surface area contributed by atoms with Gasteiger partial charge in [0, 0.05) is 25.3 Å². The zero-order valence-electron chi connectivity index (χ0n) is 9.52. The lowest BCUT2D eigenvalue weighted by Gasteiger charge is -2.21. The molecule has 0 aliphatic carbocycles. The zero-order valence-corrected chi connectivity index (χ0v) is 11.1. The Kier molecular flexibility index (Phi) is 3.30. The number of likely N-dealkylation sites (N-methyl/N-ethyl adjacent to an activating group) is 1. The first-order chi connectivity index (χ1) is 7.58. The van der Waals surface area contributed by atoms with Crippen LogP contribution in [0.2, 0.25) is 0 Å². The number of hydrogen-bond acceptors (Lipinski definition) is 5. The second-order valence-corrected chi connectivity index (χ2v) is 5.11. The number of rotatable bonds is 2. The third kappa shape index (κ3) is 2.27. The van der Waals surface area contributed by atoms with Crippen molar-refractivity contribution in [1.29, 1.82) is 0 Å². The van der Waals surface area contributed by atoms with Gasteiger partial charge in [-0.3, -0.25) is 0 Å². The molecule has 16 heavy (non-hydrogen) atoms. The Morgan fingerprint density at radius 3 is 2.94 bits per heavy atom. The summed E-state index contributed by atoms with van der Waals surface area (Å²) in [7, 11) is 4.22. The second-order valence-electron chi connectivity index (χ2n) is 4.25. The molecule has 2 heterocycles. The highest BCUT2D eigenvalue weighted by atomic mass is 79.9. The van der Waals surface area contributed by atoms with Gasteiger partial charge in [-0.15, -0.1) is 0 Å². The molecule has 0 amide bonds. The van der Waals surface area contributed by atoms with Crippen LogP contribution in [0.4, 0.5) is 11.8 Å². The van der Waals surface area contributed by atoms with Crippen molar-refractivity contribution in [2.24, 2.45) is 0 Å². The number of anilines is 2. The zero-order chi connectivity index (χ0) is 11.7. The van der Waals surface area contributed by atoms with Crippen molar-refractivity contribution in [3.8, 4) is 0 Å². The number of nitrogen functional groups attached to an aromatic ring is 1. The Labute approximate surface area is 104 Å². The van der Waals surface area contributed by atoms with Crippen LogP contribution in [0, 0.1) is 0 Å². The summed E-state index contributed by atoms with van der Waals surface area (Å²) in [5.74, 6) is 1.23. The minimum atomic E-state index is 0.325. The molecule has 1 aliphatic rings. The van der Waals surface area contributed by atoms with Crippen LogP contribution in [0.5, 0.6) is 0 Å². The third-order valence-corrected chi connectivity index (χ3v) is 3.50. The van der Waals surface area contributed by atoms with Crippen molar-refractivity contribution in [2.75, 3.05) is 37.8 Å². The molecule has 1 aromatic rings. The van der Waals surface area contributed by atoms with Crippen LogP contribution < -0.4 is 10.6 Å². The van der Waals surface area contributed by atoms with Crippen LogP contribution in [0.15, 0.2) is 10.7 Å². The van der Waals surface area contributed by atoms with E-state index in [-0.39, 0.29) is 0 Å². The molecule has 6 heteroatoms. The summed E-state index contributed by atoms with van der Waals surface area (Å²) in [5.41, 5.74) is 5.61. The molecule has 1 aliphatic heterocycles. The van der Waals surface area contributed by atoms with Crippen LogP contribution in [0.25, 0.3) is 0 Å². The Morgan fingerprint density at radius 2 is 2.31 bits per heavy atom. The second kappa shape index (κ2) is 4.55. The topological polar surface area (TPSA) is 58.3 Å². The van der Waals surface area contributed by atoms with E-state index < -0.39 is 0 Å². The largest absolute Gasteiger partial charge is 0.368 e. The maximum absolute atomic E-state index is 5.61. The normalized spacial score (nSPS) is 20.8. The van der Waals surface area contributed by atoms with Crippen molar-refractivity contribution in [3.63, 3.8) is 0 Å². The molecule has 0 saturated carbocycles. The molecular weight excluding hydrogens is 270 g/mol. The molecule has 0 spiro atoms. The van der Waals surface area contributed by atoms with Crippen LogP contribution in [0.1, 0.15) is 6.42 Å². The average molecular weight is 286 g/mol. The molecule has 2 N–H and O–H groups in total. The van der Waals surface area contributed by atoms with Crippen molar-refractivity contribution in [3.05, 3.63) is 10.7 Å². The van der Waals surface area contributed by atoms with Crippen LogP contribution in [-0.2, 0) is 0 Å². The minimum absolute atomic E-state index is 0.325. The summed E-state index contributed by atoms with van der Waals surface area (Å²) < 4.78 is 0.904. The first-order valence-corrected chi connectivity index (χ1v) is 6.06. The van der Waals surface area contributed by atoms with Gasteiger partial charge in [-0.05, 0) is 36.4 Å². The molecular formula is C10H16BrN5. The first kappa shape index (κ1) is 11.6. The smallest absolute Gasteiger partial charge is 0.222 e. The standard InChI is InChI=1S/C10H16BrN5/c1-15(2)7-3-4-16(6-7)9-8(11)5-13-10(12)14-9/h5,7H,3-4,6H2,1-2H3,(H2,12,13,14). The summed E-state index contributed by atoms with van der Waals surface area (Å²) in [5, 5.41) is 0. The fourth-order valence-electron chi connectivity index (χ4n) is 1.95. The van der Waals surface area contributed by atoms with Crippen molar-refractivity contribution in [1.82, 2.24) is 14.9 Å². The van der Waals surface area contributed by atoms with E-state index in [1.807, 2.05) is 0 Å². The lowest BCUT2D eigenvalue weighted by Crippen LogP contribution is -2.31. The van der Waals surface area contributed by atoms with Gasteiger partial charge in [0.25, 0.3) is 0 Å². The number of nitrogens with zero attached hydrogens (tertiary/aromatic N) is 4. The highest BCUT2D eigenvalue weighted by Gasteiger charge is 2.26. The maximum atomic E-state index is 5.61. The molecule has 1 atom stereocenters. The molecule has 2 rings (SSSR count). The summed E-state index contributed by atoms with van der Waals surface area (Å²) in [6.07, 6.45) is 2.87. The Balaban J connectivity index is 2.17. The minimum Gasteiger partial charge on any atom is -0.368 e. The molecule has 1 aromatic heterocycles. The lowest BCUT2D eigenvalue weighted by atomic mass is 10.2. The molecule has 5 nitrogen and oxygen atoms in total. The third-order valence-electron chi connectivity index (χ3n) is 2.94. The van der Waals surface area contributed by atoms with Crippen LogP contribution in [-0.4, -0.2) is 48.1 Å². The first-order valence-electron chi connectivity index (χ1n) is 5.27. The molecule has 1 saturated heterocycles. The quantitative estimate of drug-likeness (QED) is 0.877. The Hall–Kier alpha value is -0.880.